The van der Waals surface area contributed by atoms with Crippen LogP contribution in [0.1, 0.15) is 9.75 Å². The smallest absolute Gasteiger partial charge is 0.247 e. The Hall–Kier alpha value is -1.38. The van der Waals surface area contributed by atoms with Gasteiger partial charge in [-0.25, -0.2) is 0 Å². The second-order valence-electron chi connectivity index (χ2n) is 1.72. The van der Waals surface area contributed by atoms with E-state index < -0.39 is 0 Å². The number of hydrogen-bond acceptors (Lipinski definition) is 5. The molecule has 0 spiro atoms. The van der Waals surface area contributed by atoms with Gasteiger partial charge >= 0.3 is 0 Å². The molecule has 1 aromatic rings. The normalized spacial score (nSPS) is 8.73. The van der Waals surface area contributed by atoms with Gasteiger partial charge in [0.25, 0.3) is 0 Å². The van der Waals surface area contributed by atoms with Crippen molar-refractivity contribution >= 4 is 17.2 Å². The van der Waals surface area contributed by atoms with Crippen LogP contribution in [0.2, 0.25) is 0 Å². The average molecular weight is 167 g/mol. The van der Waals surface area contributed by atoms with Crippen molar-refractivity contribution < 1.29 is 4.84 Å². The van der Waals surface area contributed by atoms with Gasteiger partial charge in [0.2, 0.25) is 5.90 Å². The number of rotatable bonds is 1. The quantitative estimate of drug-likeness (QED) is 0.369. The Balaban J connectivity index is 2.91. The van der Waals surface area contributed by atoms with E-state index in [0.29, 0.717) is 9.75 Å². The molecule has 0 aromatic carbocycles. The fraction of sp³-hybridized carbons (Fsp3) is 0. The molecule has 0 aliphatic rings. The summed E-state index contributed by atoms with van der Waals surface area (Å²) in [4.78, 5) is 5.28. The van der Waals surface area contributed by atoms with Gasteiger partial charge in [-0.15, -0.1) is 11.3 Å². The molecule has 0 atom stereocenters. The number of thiophene rings is 1. The number of nitrogens with two attached hydrogens (primary N) is 1. The average Bonchev–Trinajstić information content (AvgIpc) is 2.50. The van der Waals surface area contributed by atoms with Crippen molar-refractivity contribution in [1.82, 2.24) is 0 Å². The van der Waals surface area contributed by atoms with E-state index in [1.807, 2.05) is 6.07 Å². The van der Waals surface area contributed by atoms with Crippen molar-refractivity contribution in [3.63, 3.8) is 0 Å². The molecule has 1 rings (SSSR count). The van der Waals surface area contributed by atoms with Crippen molar-refractivity contribution in [1.29, 1.82) is 10.7 Å². The van der Waals surface area contributed by atoms with Gasteiger partial charge in [-0.2, -0.15) is 11.2 Å². The Labute approximate surface area is 67.3 Å². The van der Waals surface area contributed by atoms with E-state index in [2.05, 4.69) is 4.84 Å². The summed E-state index contributed by atoms with van der Waals surface area (Å²) in [6.45, 7) is 0. The maximum atomic E-state index is 8.42. The first-order valence-electron chi connectivity index (χ1n) is 2.73. The number of nitriles is 1. The zero-order chi connectivity index (χ0) is 8.27. The number of nitrogens with zero attached hydrogens (tertiary/aromatic N) is 1. The van der Waals surface area contributed by atoms with E-state index in [4.69, 9.17) is 16.6 Å². The van der Waals surface area contributed by atoms with E-state index in [0.717, 1.165) is 0 Å². The first kappa shape index (κ1) is 7.72. The van der Waals surface area contributed by atoms with E-state index in [9.17, 15) is 0 Å². The highest BCUT2D eigenvalue weighted by Gasteiger charge is 2.04. The molecule has 0 amide bonds. The van der Waals surface area contributed by atoms with Crippen LogP contribution in [-0.4, -0.2) is 5.90 Å². The predicted octanol–water partition coefficient (Wildman–Crippen LogP) is 0.835. The summed E-state index contributed by atoms with van der Waals surface area (Å²) in [5, 5.41) is 15.5. The first-order valence-corrected chi connectivity index (χ1v) is 3.55. The van der Waals surface area contributed by atoms with Crippen LogP contribution in [-0.2, 0) is 4.84 Å². The van der Waals surface area contributed by atoms with Crippen LogP contribution in [0.15, 0.2) is 12.1 Å². The summed E-state index contributed by atoms with van der Waals surface area (Å²) in [6.07, 6.45) is 0. The lowest BCUT2D eigenvalue weighted by atomic mass is 10.4. The Morgan fingerprint density at radius 2 is 2.45 bits per heavy atom. The molecule has 0 aliphatic carbocycles. The predicted molar refractivity (Wildman–Crippen MR) is 41.1 cm³/mol. The largest absolute Gasteiger partial charge is 0.390 e. The molecular formula is C6H5N3OS. The molecule has 5 heteroatoms. The van der Waals surface area contributed by atoms with Crippen LogP contribution in [0.5, 0.6) is 0 Å². The molecule has 56 valence electrons. The minimum atomic E-state index is -0.114. The van der Waals surface area contributed by atoms with Gasteiger partial charge in [0.05, 0.1) is 4.88 Å². The van der Waals surface area contributed by atoms with Crippen LogP contribution in [0, 0.1) is 16.7 Å². The van der Waals surface area contributed by atoms with Gasteiger partial charge in [0, 0.05) is 0 Å². The van der Waals surface area contributed by atoms with E-state index in [1.54, 1.807) is 12.1 Å². The molecular weight excluding hydrogens is 162 g/mol. The van der Waals surface area contributed by atoms with Crippen LogP contribution in [0.3, 0.4) is 0 Å². The highest BCUT2D eigenvalue weighted by Crippen LogP contribution is 2.15. The summed E-state index contributed by atoms with van der Waals surface area (Å²) in [5.74, 6) is 4.64. The zero-order valence-electron chi connectivity index (χ0n) is 5.50. The third-order valence-electron chi connectivity index (χ3n) is 1.06. The van der Waals surface area contributed by atoms with Gasteiger partial charge in [0.1, 0.15) is 10.9 Å². The molecule has 0 unspecified atom stereocenters. The van der Waals surface area contributed by atoms with E-state index in [-0.39, 0.29) is 5.90 Å². The molecule has 0 fully saturated rings. The molecule has 0 aliphatic heterocycles. The molecule has 0 bridgehead atoms. The Morgan fingerprint density at radius 3 is 2.91 bits per heavy atom. The highest BCUT2D eigenvalue weighted by atomic mass is 32.1. The van der Waals surface area contributed by atoms with Crippen molar-refractivity contribution in [3.8, 4) is 6.07 Å². The lowest BCUT2D eigenvalue weighted by molar-refractivity contribution is 0.320. The fourth-order valence-electron chi connectivity index (χ4n) is 0.578. The zero-order valence-corrected chi connectivity index (χ0v) is 6.31. The molecule has 0 saturated heterocycles. The van der Waals surface area contributed by atoms with Gasteiger partial charge in [-0.3, -0.25) is 5.41 Å². The second kappa shape index (κ2) is 3.14. The number of nitrogens with one attached hydrogen (secondary N) is 1. The SMILES string of the molecule is N#Cc1ccc(C(=N)ON)s1. The maximum Gasteiger partial charge on any atom is 0.247 e. The van der Waals surface area contributed by atoms with Crippen molar-refractivity contribution in [3.05, 3.63) is 21.9 Å². The molecule has 11 heavy (non-hydrogen) atoms. The standard InChI is InChI=1S/C6H5N3OS/c7-3-4-1-2-5(11-4)6(8)10-9/h1-2,8H,9H2. The van der Waals surface area contributed by atoms with Gasteiger partial charge in [-0.05, 0) is 12.1 Å². The van der Waals surface area contributed by atoms with Crippen molar-refractivity contribution in [2.24, 2.45) is 5.90 Å². The molecule has 1 aromatic heterocycles. The molecule has 0 saturated carbocycles. The topological polar surface area (TPSA) is 82.9 Å². The molecule has 4 nitrogen and oxygen atoms in total. The Morgan fingerprint density at radius 1 is 1.73 bits per heavy atom. The highest BCUT2D eigenvalue weighted by molar-refractivity contribution is 7.14. The summed E-state index contributed by atoms with van der Waals surface area (Å²) >= 11 is 1.17. The Kier molecular flexibility index (Phi) is 2.21. The lowest BCUT2D eigenvalue weighted by Crippen LogP contribution is -2.07. The molecule has 1 heterocycles. The second-order valence-corrected chi connectivity index (χ2v) is 2.81. The lowest BCUT2D eigenvalue weighted by Gasteiger charge is -1.93. The summed E-state index contributed by atoms with van der Waals surface area (Å²) in [5.41, 5.74) is 0. The van der Waals surface area contributed by atoms with Gasteiger partial charge < -0.3 is 4.84 Å². The Bertz CT molecular complexity index is 312. The fourth-order valence-corrected chi connectivity index (χ4v) is 1.27. The summed E-state index contributed by atoms with van der Waals surface area (Å²) in [6, 6.07) is 5.19. The van der Waals surface area contributed by atoms with Crippen LogP contribution < -0.4 is 5.90 Å². The minimum Gasteiger partial charge on any atom is -0.390 e. The van der Waals surface area contributed by atoms with E-state index in [1.165, 1.54) is 11.3 Å². The van der Waals surface area contributed by atoms with Gasteiger partial charge in [-0.1, -0.05) is 0 Å². The summed E-state index contributed by atoms with van der Waals surface area (Å²) in [7, 11) is 0. The van der Waals surface area contributed by atoms with Crippen LogP contribution in [0.25, 0.3) is 0 Å². The summed E-state index contributed by atoms with van der Waals surface area (Å²) < 4.78 is 0. The number of hydrogen-bond donors (Lipinski definition) is 2. The maximum absolute atomic E-state index is 8.42. The van der Waals surface area contributed by atoms with E-state index >= 15 is 0 Å². The third-order valence-corrected chi connectivity index (χ3v) is 2.05. The first-order chi connectivity index (χ1) is 5.27. The van der Waals surface area contributed by atoms with Gasteiger partial charge in [0.15, 0.2) is 0 Å². The van der Waals surface area contributed by atoms with Crippen LogP contribution in [0.4, 0.5) is 0 Å². The molecule has 0 radical (unpaired) electrons. The van der Waals surface area contributed by atoms with Crippen molar-refractivity contribution in [2.75, 3.05) is 0 Å². The van der Waals surface area contributed by atoms with Crippen LogP contribution >= 0.6 is 11.3 Å². The molecule has 3 N–H and O–H groups in total. The third kappa shape index (κ3) is 1.55. The minimum absolute atomic E-state index is 0.114. The monoisotopic (exact) mass is 167 g/mol. The van der Waals surface area contributed by atoms with Crippen molar-refractivity contribution in [2.45, 2.75) is 0 Å².